The zero-order valence-corrected chi connectivity index (χ0v) is 10.0. The van der Waals surface area contributed by atoms with Crippen LogP contribution >= 0.6 is 11.6 Å². The molecule has 0 aliphatic carbocycles. The van der Waals surface area contributed by atoms with E-state index in [0.29, 0.717) is 17.4 Å². The van der Waals surface area contributed by atoms with Crippen molar-refractivity contribution in [1.82, 2.24) is 14.5 Å². The topological polar surface area (TPSA) is 70.9 Å². The molecule has 0 aromatic carbocycles. The fraction of sp³-hybridized carbons (Fsp3) is 0.273. The van der Waals surface area contributed by atoms with Crippen LogP contribution in [0.15, 0.2) is 18.3 Å². The summed E-state index contributed by atoms with van der Waals surface area (Å²) < 4.78 is 1.82. The van der Waals surface area contributed by atoms with Crippen molar-refractivity contribution in [2.45, 2.75) is 12.8 Å². The first kappa shape index (κ1) is 11.7. The molecule has 0 saturated heterocycles. The summed E-state index contributed by atoms with van der Waals surface area (Å²) in [4.78, 5) is 17.8. The van der Waals surface area contributed by atoms with E-state index < -0.39 is 5.97 Å². The number of aromatic amines is 1. The third-order valence-electron chi connectivity index (χ3n) is 2.56. The molecule has 90 valence electrons. The largest absolute Gasteiger partial charge is 0.481 e. The summed E-state index contributed by atoms with van der Waals surface area (Å²) in [6.07, 6.45) is 2.22. The van der Waals surface area contributed by atoms with E-state index in [1.165, 1.54) is 0 Å². The standard InChI is InChI=1S/C11H12ClN3O2/c1-15-8(4-5-9(16)17)14-11(12)10(15)7-3-2-6-13-7/h2-3,6,13H,4-5H2,1H3,(H,16,17). The van der Waals surface area contributed by atoms with Gasteiger partial charge >= 0.3 is 5.97 Å². The van der Waals surface area contributed by atoms with E-state index in [1.807, 2.05) is 23.7 Å². The molecule has 0 saturated carbocycles. The molecule has 0 atom stereocenters. The molecular weight excluding hydrogens is 242 g/mol. The number of H-pyrrole nitrogens is 1. The Kier molecular flexibility index (Phi) is 3.19. The zero-order chi connectivity index (χ0) is 12.4. The summed E-state index contributed by atoms with van der Waals surface area (Å²) in [5.74, 6) is -0.174. The number of halogens is 1. The van der Waals surface area contributed by atoms with Crippen molar-refractivity contribution in [3.8, 4) is 11.4 Å². The number of hydrogen-bond donors (Lipinski definition) is 2. The predicted molar refractivity (Wildman–Crippen MR) is 64.0 cm³/mol. The van der Waals surface area contributed by atoms with Crippen LogP contribution in [0.5, 0.6) is 0 Å². The lowest BCUT2D eigenvalue weighted by Gasteiger charge is -2.03. The molecule has 2 N–H and O–H groups in total. The minimum atomic E-state index is -0.842. The third-order valence-corrected chi connectivity index (χ3v) is 2.82. The Balaban J connectivity index is 2.32. The molecular formula is C11H12ClN3O2. The van der Waals surface area contributed by atoms with Crippen LogP contribution in [0.1, 0.15) is 12.2 Å². The summed E-state index contributed by atoms with van der Waals surface area (Å²) >= 11 is 6.06. The number of nitrogens with zero attached hydrogens (tertiary/aromatic N) is 2. The lowest BCUT2D eigenvalue weighted by molar-refractivity contribution is -0.137. The summed E-state index contributed by atoms with van der Waals surface area (Å²) in [7, 11) is 1.83. The molecule has 0 fully saturated rings. The molecule has 2 rings (SSSR count). The van der Waals surface area contributed by atoms with Crippen molar-refractivity contribution < 1.29 is 9.90 Å². The maximum absolute atomic E-state index is 10.5. The highest BCUT2D eigenvalue weighted by Gasteiger charge is 2.15. The van der Waals surface area contributed by atoms with E-state index in [9.17, 15) is 4.79 Å². The summed E-state index contributed by atoms with van der Waals surface area (Å²) in [6.45, 7) is 0. The van der Waals surface area contributed by atoms with Crippen LogP contribution in [0.25, 0.3) is 11.4 Å². The van der Waals surface area contributed by atoms with Gasteiger partial charge in [-0.3, -0.25) is 4.79 Å². The summed E-state index contributed by atoms with van der Waals surface area (Å²) in [5.41, 5.74) is 1.64. The second kappa shape index (κ2) is 4.63. The first-order valence-electron chi connectivity index (χ1n) is 5.16. The van der Waals surface area contributed by atoms with Gasteiger partial charge in [0.1, 0.15) is 11.5 Å². The highest BCUT2D eigenvalue weighted by molar-refractivity contribution is 6.31. The van der Waals surface area contributed by atoms with Gasteiger partial charge in [0.05, 0.1) is 12.1 Å². The summed E-state index contributed by atoms with van der Waals surface area (Å²) in [6, 6.07) is 3.76. The van der Waals surface area contributed by atoms with E-state index in [0.717, 1.165) is 11.4 Å². The minimum Gasteiger partial charge on any atom is -0.481 e. The van der Waals surface area contributed by atoms with Gasteiger partial charge in [0, 0.05) is 19.7 Å². The lowest BCUT2D eigenvalue weighted by Crippen LogP contribution is -2.04. The highest BCUT2D eigenvalue weighted by atomic mass is 35.5. The number of aromatic nitrogens is 3. The van der Waals surface area contributed by atoms with Gasteiger partial charge < -0.3 is 14.7 Å². The predicted octanol–water partition coefficient (Wildman–Crippen LogP) is 2.09. The van der Waals surface area contributed by atoms with Crippen molar-refractivity contribution in [1.29, 1.82) is 0 Å². The second-order valence-electron chi connectivity index (χ2n) is 3.70. The molecule has 0 spiro atoms. The number of hydrogen-bond acceptors (Lipinski definition) is 2. The molecule has 5 nitrogen and oxygen atoms in total. The zero-order valence-electron chi connectivity index (χ0n) is 9.27. The van der Waals surface area contributed by atoms with Gasteiger partial charge in [-0.2, -0.15) is 0 Å². The summed E-state index contributed by atoms with van der Waals surface area (Å²) in [5, 5.41) is 9.03. The number of aryl methyl sites for hydroxylation is 1. The van der Waals surface area contributed by atoms with Gasteiger partial charge in [0.2, 0.25) is 0 Å². The van der Waals surface area contributed by atoms with Crippen LogP contribution in [0, 0.1) is 0 Å². The van der Waals surface area contributed by atoms with E-state index in [-0.39, 0.29) is 6.42 Å². The highest BCUT2D eigenvalue weighted by Crippen LogP contribution is 2.27. The van der Waals surface area contributed by atoms with Gasteiger partial charge in [-0.25, -0.2) is 4.98 Å². The van der Waals surface area contributed by atoms with Crippen LogP contribution in [-0.4, -0.2) is 25.6 Å². The Morgan fingerprint density at radius 2 is 2.41 bits per heavy atom. The van der Waals surface area contributed by atoms with Gasteiger partial charge in [-0.05, 0) is 12.1 Å². The van der Waals surface area contributed by atoms with Gasteiger partial charge in [-0.15, -0.1) is 0 Å². The Morgan fingerprint density at radius 1 is 1.65 bits per heavy atom. The first-order valence-corrected chi connectivity index (χ1v) is 5.54. The van der Waals surface area contributed by atoms with Gasteiger partial charge in [0.15, 0.2) is 5.15 Å². The van der Waals surface area contributed by atoms with Gasteiger partial charge in [-0.1, -0.05) is 11.6 Å². The molecule has 0 unspecified atom stereocenters. The molecule has 2 aromatic heterocycles. The van der Waals surface area contributed by atoms with Crippen LogP contribution in [0.3, 0.4) is 0 Å². The van der Waals surface area contributed by atoms with Crippen molar-refractivity contribution in [3.05, 3.63) is 29.3 Å². The Labute approximate surface area is 103 Å². The van der Waals surface area contributed by atoms with E-state index in [4.69, 9.17) is 16.7 Å². The molecule has 0 aliphatic heterocycles. The monoisotopic (exact) mass is 253 g/mol. The number of carbonyl (C=O) groups is 1. The molecule has 17 heavy (non-hydrogen) atoms. The molecule has 0 amide bonds. The Hall–Kier alpha value is -1.75. The number of carboxylic acid groups (broad SMARTS) is 1. The van der Waals surface area contributed by atoms with Crippen molar-refractivity contribution in [2.24, 2.45) is 7.05 Å². The third kappa shape index (κ3) is 2.34. The average molecular weight is 254 g/mol. The Bertz CT molecular complexity index is 531. The number of aliphatic carboxylic acids is 1. The molecule has 2 aromatic rings. The fourth-order valence-corrected chi connectivity index (χ4v) is 2.05. The van der Waals surface area contributed by atoms with Crippen LogP contribution in [0.4, 0.5) is 0 Å². The fourth-order valence-electron chi connectivity index (χ4n) is 1.72. The quantitative estimate of drug-likeness (QED) is 0.876. The number of carboxylic acids is 1. The molecule has 2 heterocycles. The average Bonchev–Trinajstić information content (AvgIpc) is 2.84. The van der Waals surface area contributed by atoms with Crippen molar-refractivity contribution >= 4 is 17.6 Å². The van der Waals surface area contributed by atoms with Gasteiger partial charge in [0.25, 0.3) is 0 Å². The molecule has 6 heteroatoms. The number of imidazole rings is 1. The SMILES string of the molecule is Cn1c(CCC(=O)O)nc(Cl)c1-c1ccc[nH]1. The lowest BCUT2D eigenvalue weighted by atomic mass is 10.3. The minimum absolute atomic E-state index is 0.0470. The van der Waals surface area contributed by atoms with Crippen molar-refractivity contribution in [2.75, 3.05) is 0 Å². The van der Waals surface area contributed by atoms with E-state index in [2.05, 4.69) is 9.97 Å². The van der Waals surface area contributed by atoms with Crippen LogP contribution in [0.2, 0.25) is 5.15 Å². The smallest absolute Gasteiger partial charge is 0.303 e. The molecule has 0 radical (unpaired) electrons. The molecule has 0 aliphatic rings. The number of rotatable bonds is 4. The van der Waals surface area contributed by atoms with Crippen LogP contribution in [-0.2, 0) is 18.3 Å². The maximum Gasteiger partial charge on any atom is 0.303 e. The van der Waals surface area contributed by atoms with Crippen LogP contribution < -0.4 is 0 Å². The maximum atomic E-state index is 10.5. The second-order valence-corrected chi connectivity index (χ2v) is 4.06. The number of nitrogens with one attached hydrogen (secondary N) is 1. The van der Waals surface area contributed by atoms with E-state index >= 15 is 0 Å². The van der Waals surface area contributed by atoms with Crippen molar-refractivity contribution in [3.63, 3.8) is 0 Å². The van der Waals surface area contributed by atoms with E-state index in [1.54, 1.807) is 6.20 Å². The molecule has 0 bridgehead atoms. The normalized spacial score (nSPS) is 10.7. The first-order chi connectivity index (χ1) is 8.09. The Morgan fingerprint density at radius 3 is 3.00 bits per heavy atom.